The maximum Gasteiger partial charge on any atom is 0.295 e. The number of amides is 1. The highest BCUT2D eigenvalue weighted by Crippen LogP contribution is 2.42. The molecule has 1 saturated heterocycles. The molecule has 9 heteroatoms. The van der Waals surface area contributed by atoms with Crippen LogP contribution in [0.1, 0.15) is 37.9 Å². The molecule has 1 aliphatic rings. The van der Waals surface area contributed by atoms with Crippen molar-refractivity contribution in [3.05, 3.63) is 63.1 Å². The van der Waals surface area contributed by atoms with Gasteiger partial charge >= 0.3 is 0 Å². The predicted molar refractivity (Wildman–Crippen MR) is 131 cm³/mol. The number of halogens is 2. The first-order valence-corrected chi connectivity index (χ1v) is 11.6. The van der Waals surface area contributed by atoms with Crippen LogP contribution in [0.25, 0.3) is 5.76 Å². The lowest BCUT2D eigenvalue weighted by Crippen LogP contribution is -2.33. The zero-order valence-electron chi connectivity index (χ0n) is 19.4. The quantitative estimate of drug-likeness (QED) is 0.283. The number of aliphatic hydroxyl groups excluding tert-OH is 1. The SMILES string of the molecule is CCOc1cccc(C2/C(=C(\O)c3cc(Cl)c(OC)c(Cl)c3)C(=O)C(=O)N2CCOC(C)C)c1. The van der Waals surface area contributed by atoms with E-state index in [0.29, 0.717) is 17.9 Å². The first kappa shape index (κ1) is 25.9. The number of aliphatic hydroxyl groups is 1. The summed E-state index contributed by atoms with van der Waals surface area (Å²) in [7, 11) is 1.42. The molecule has 1 amide bonds. The number of Topliss-reactive ketones (excluding diaryl/α,β-unsaturated/α-hetero) is 1. The Hall–Kier alpha value is -2.74. The van der Waals surface area contributed by atoms with Crippen LogP contribution in [0.3, 0.4) is 0 Å². The number of carbonyl (C=O) groups excluding carboxylic acids is 2. The number of hydrogen-bond donors (Lipinski definition) is 1. The lowest BCUT2D eigenvalue weighted by Gasteiger charge is -2.26. The van der Waals surface area contributed by atoms with Crippen LogP contribution < -0.4 is 9.47 Å². The third-order valence-electron chi connectivity index (χ3n) is 5.28. The van der Waals surface area contributed by atoms with E-state index >= 15 is 0 Å². The van der Waals surface area contributed by atoms with Crippen molar-refractivity contribution < 1.29 is 28.9 Å². The second-order valence-corrected chi connectivity index (χ2v) is 8.71. The van der Waals surface area contributed by atoms with Gasteiger partial charge in [-0.05, 0) is 50.6 Å². The molecule has 34 heavy (non-hydrogen) atoms. The van der Waals surface area contributed by atoms with Gasteiger partial charge < -0.3 is 24.2 Å². The van der Waals surface area contributed by atoms with Gasteiger partial charge in [0, 0.05) is 12.1 Å². The van der Waals surface area contributed by atoms with Crippen LogP contribution in [0.5, 0.6) is 11.5 Å². The summed E-state index contributed by atoms with van der Waals surface area (Å²) in [6, 6.07) is 9.09. The minimum Gasteiger partial charge on any atom is -0.507 e. The minimum absolute atomic E-state index is 0.0415. The molecular weight excluding hydrogens is 481 g/mol. The molecule has 0 saturated carbocycles. The molecule has 182 valence electrons. The van der Waals surface area contributed by atoms with Gasteiger partial charge in [0.15, 0.2) is 5.75 Å². The number of likely N-dealkylation sites (tertiary alicyclic amines) is 1. The van der Waals surface area contributed by atoms with Crippen LogP contribution in [0, 0.1) is 0 Å². The van der Waals surface area contributed by atoms with Crippen LogP contribution in [0.2, 0.25) is 10.0 Å². The fraction of sp³-hybridized carbons (Fsp3) is 0.360. The first-order chi connectivity index (χ1) is 16.2. The van der Waals surface area contributed by atoms with E-state index in [1.165, 1.54) is 24.1 Å². The Morgan fingerprint density at radius 3 is 2.41 bits per heavy atom. The Morgan fingerprint density at radius 1 is 1.15 bits per heavy atom. The summed E-state index contributed by atoms with van der Waals surface area (Å²) in [5.41, 5.74) is 0.737. The van der Waals surface area contributed by atoms with E-state index in [-0.39, 0.29) is 51.9 Å². The number of hydrogen-bond acceptors (Lipinski definition) is 6. The van der Waals surface area contributed by atoms with Crippen molar-refractivity contribution in [1.29, 1.82) is 0 Å². The summed E-state index contributed by atoms with van der Waals surface area (Å²) in [6.07, 6.45) is -0.0415. The van der Waals surface area contributed by atoms with E-state index in [0.717, 1.165) is 0 Å². The van der Waals surface area contributed by atoms with Crippen molar-refractivity contribution in [3.63, 3.8) is 0 Å². The molecule has 0 spiro atoms. The number of methoxy groups -OCH3 is 1. The molecule has 1 fully saturated rings. The largest absolute Gasteiger partial charge is 0.507 e. The minimum atomic E-state index is -0.851. The van der Waals surface area contributed by atoms with E-state index in [9.17, 15) is 14.7 Å². The Bertz CT molecular complexity index is 1090. The van der Waals surface area contributed by atoms with Crippen molar-refractivity contribution >= 4 is 40.7 Å². The fourth-order valence-electron chi connectivity index (χ4n) is 3.83. The van der Waals surface area contributed by atoms with Gasteiger partial charge in [-0.2, -0.15) is 0 Å². The smallest absolute Gasteiger partial charge is 0.295 e. The molecule has 1 unspecified atom stereocenters. The molecule has 0 bridgehead atoms. The van der Waals surface area contributed by atoms with E-state index in [1.54, 1.807) is 24.3 Å². The number of nitrogens with zero attached hydrogens (tertiary/aromatic N) is 1. The maximum atomic E-state index is 13.1. The van der Waals surface area contributed by atoms with Gasteiger partial charge in [-0.15, -0.1) is 0 Å². The van der Waals surface area contributed by atoms with Crippen LogP contribution in [0.4, 0.5) is 0 Å². The molecule has 7 nitrogen and oxygen atoms in total. The average Bonchev–Trinajstić information content (AvgIpc) is 3.03. The van der Waals surface area contributed by atoms with Crippen molar-refractivity contribution in [1.82, 2.24) is 4.90 Å². The Balaban J connectivity index is 2.15. The second-order valence-electron chi connectivity index (χ2n) is 7.89. The van der Waals surface area contributed by atoms with Crippen LogP contribution in [-0.2, 0) is 14.3 Å². The highest BCUT2D eigenvalue weighted by molar-refractivity contribution is 6.46. The van der Waals surface area contributed by atoms with Gasteiger partial charge in [0.2, 0.25) is 0 Å². The summed E-state index contributed by atoms with van der Waals surface area (Å²) in [5, 5.41) is 11.5. The number of rotatable bonds is 9. The summed E-state index contributed by atoms with van der Waals surface area (Å²) in [5.74, 6) is -1.10. The molecule has 1 atom stereocenters. The summed E-state index contributed by atoms with van der Waals surface area (Å²) >= 11 is 12.5. The Morgan fingerprint density at radius 2 is 1.82 bits per heavy atom. The standard InChI is InChI=1S/C25H27Cl2NO6/c1-5-33-17-8-6-7-15(11-17)21-20(23(30)25(31)28(21)9-10-34-14(2)3)22(29)16-12-18(26)24(32-4)19(27)13-16/h6-8,11-14,21,29H,5,9-10H2,1-4H3/b22-20+. The Kier molecular flexibility index (Phi) is 8.47. The average molecular weight is 508 g/mol. The van der Waals surface area contributed by atoms with Crippen molar-refractivity contribution in [2.75, 3.05) is 26.9 Å². The molecule has 0 aliphatic carbocycles. The van der Waals surface area contributed by atoms with Crippen LogP contribution in [-0.4, -0.2) is 54.7 Å². The van der Waals surface area contributed by atoms with E-state index in [4.69, 9.17) is 37.4 Å². The highest BCUT2D eigenvalue weighted by atomic mass is 35.5. The van der Waals surface area contributed by atoms with Gasteiger partial charge in [0.05, 0.1) is 48.1 Å². The normalized spacial score (nSPS) is 17.5. The van der Waals surface area contributed by atoms with Crippen molar-refractivity contribution in [2.24, 2.45) is 0 Å². The van der Waals surface area contributed by atoms with Crippen LogP contribution >= 0.6 is 23.2 Å². The molecular formula is C25H27Cl2NO6. The van der Waals surface area contributed by atoms with E-state index < -0.39 is 17.7 Å². The number of carbonyl (C=O) groups is 2. The predicted octanol–water partition coefficient (Wildman–Crippen LogP) is 5.25. The van der Waals surface area contributed by atoms with E-state index in [2.05, 4.69) is 0 Å². The molecule has 0 aromatic heterocycles. The first-order valence-electron chi connectivity index (χ1n) is 10.9. The molecule has 1 N–H and O–H groups in total. The number of benzene rings is 2. The van der Waals surface area contributed by atoms with Crippen LogP contribution in [0.15, 0.2) is 42.0 Å². The van der Waals surface area contributed by atoms with Gasteiger partial charge in [0.1, 0.15) is 11.5 Å². The molecule has 3 rings (SSSR count). The fourth-order valence-corrected chi connectivity index (χ4v) is 4.47. The lowest BCUT2D eigenvalue weighted by atomic mass is 9.95. The zero-order chi connectivity index (χ0) is 25.0. The van der Waals surface area contributed by atoms with Gasteiger partial charge in [0.25, 0.3) is 11.7 Å². The number of ether oxygens (including phenoxy) is 3. The lowest BCUT2D eigenvalue weighted by molar-refractivity contribution is -0.140. The second kappa shape index (κ2) is 11.1. The third-order valence-corrected chi connectivity index (χ3v) is 5.85. The summed E-state index contributed by atoms with van der Waals surface area (Å²) in [4.78, 5) is 27.6. The summed E-state index contributed by atoms with van der Waals surface area (Å²) in [6.45, 7) is 6.47. The van der Waals surface area contributed by atoms with Gasteiger partial charge in [-0.1, -0.05) is 35.3 Å². The molecule has 1 aliphatic heterocycles. The van der Waals surface area contributed by atoms with Crippen molar-refractivity contribution in [2.45, 2.75) is 32.9 Å². The van der Waals surface area contributed by atoms with Crippen molar-refractivity contribution in [3.8, 4) is 11.5 Å². The molecule has 2 aromatic carbocycles. The maximum absolute atomic E-state index is 13.1. The summed E-state index contributed by atoms with van der Waals surface area (Å²) < 4.78 is 16.4. The molecule has 2 aromatic rings. The monoisotopic (exact) mass is 507 g/mol. The van der Waals surface area contributed by atoms with Gasteiger partial charge in [-0.3, -0.25) is 9.59 Å². The Labute approximate surface area is 208 Å². The molecule has 0 radical (unpaired) electrons. The topological polar surface area (TPSA) is 85.3 Å². The number of ketones is 1. The third kappa shape index (κ3) is 5.32. The zero-order valence-corrected chi connectivity index (χ0v) is 20.9. The van der Waals surface area contributed by atoms with Gasteiger partial charge in [-0.25, -0.2) is 0 Å². The molecule has 1 heterocycles. The highest BCUT2D eigenvalue weighted by Gasteiger charge is 2.46. The van der Waals surface area contributed by atoms with E-state index in [1.807, 2.05) is 20.8 Å².